The lowest BCUT2D eigenvalue weighted by Gasteiger charge is -2.16. The number of urea groups is 1. The van der Waals surface area contributed by atoms with Crippen molar-refractivity contribution in [2.45, 2.75) is 43.0 Å². The van der Waals surface area contributed by atoms with Gasteiger partial charge in [-0.2, -0.15) is 11.8 Å². The zero-order valence-corrected chi connectivity index (χ0v) is 10.0. The SMILES string of the molecule is [NH3+]C(=O)CCCCC1SCC2NC(=O)NC21. The van der Waals surface area contributed by atoms with E-state index in [1.54, 1.807) is 0 Å². The Balaban J connectivity index is 1.70. The van der Waals surface area contributed by atoms with Gasteiger partial charge >= 0.3 is 11.9 Å². The monoisotopic (exact) mass is 244 g/mol. The van der Waals surface area contributed by atoms with Crippen molar-refractivity contribution in [1.82, 2.24) is 10.6 Å². The van der Waals surface area contributed by atoms with Gasteiger partial charge in [0.2, 0.25) is 0 Å². The number of rotatable bonds is 5. The summed E-state index contributed by atoms with van der Waals surface area (Å²) in [4.78, 5) is 21.8. The number of nitrogens with one attached hydrogen (secondary N) is 2. The first-order valence-electron chi connectivity index (χ1n) is 5.70. The molecule has 0 saturated carbocycles. The summed E-state index contributed by atoms with van der Waals surface area (Å²) in [5.74, 6) is 1.02. The number of hydrogen-bond acceptors (Lipinski definition) is 3. The summed E-state index contributed by atoms with van der Waals surface area (Å²) in [6.07, 6.45) is 3.60. The molecule has 2 aliphatic rings. The molecule has 6 heteroatoms. The number of unbranched alkanes of at least 4 members (excludes halogenated alkanes) is 1. The maximum atomic E-state index is 11.1. The fraction of sp³-hybridized carbons (Fsp3) is 0.800. The summed E-state index contributed by atoms with van der Waals surface area (Å²) < 4.78 is 0. The first-order chi connectivity index (χ1) is 7.66. The molecule has 2 rings (SSSR count). The summed E-state index contributed by atoms with van der Waals surface area (Å²) >= 11 is 1.92. The Bertz CT molecular complexity index is 298. The lowest BCUT2D eigenvalue weighted by atomic mass is 10.0. The topological polar surface area (TPSA) is 85.8 Å². The summed E-state index contributed by atoms with van der Waals surface area (Å²) in [6.45, 7) is 0. The van der Waals surface area contributed by atoms with Crippen molar-refractivity contribution in [1.29, 1.82) is 0 Å². The minimum absolute atomic E-state index is 0.0211. The zero-order valence-electron chi connectivity index (χ0n) is 9.20. The fourth-order valence-electron chi connectivity index (χ4n) is 2.31. The average Bonchev–Trinajstić information content (AvgIpc) is 2.72. The van der Waals surface area contributed by atoms with Gasteiger partial charge in [0.05, 0.1) is 18.5 Å². The van der Waals surface area contributed by atoms with Crippen molar-refractivity contribution < 1.29 is 15.3 Å². The number of carbonyl (C=O) groups is 2. The normalized spacial score (nSPS) is 32.1. The molecule has 2 heterocycles. The lowest BCUT2D eigenvalue weighted by Crippen LogP contribution is -2.56. The first-order valence-corrected chi connectivity index (χ1v) is 6.75. The molecule has 5 nitrogen and oxygen atoms in total. The van der Waals surface area contributed by atoms with Gasteiger partial charge in [0.1, 0.15) is 0 Å². The maximum absolute atomic E-state index is 11.1. The molecule has 2 aliphatic heterocycles. The van der Waals surface area contributed by atoms with Gasteiger partial charge in [0.25, 0.3) is 0 Å². The smallest absolute Gasteiger partial charge is 0.315 e. The Kier molecular flexibility index (Phi) is 3.70. The molecule has 0 aromatic rings. The molecule has 2 fully saturated rings. The number of carbonyl (C=O) groups excluding carboxylic acids is 2. The molecule has 0 aromatic heterocycles. The Morgan fingerprint density at radius 3 is 3.00 bits per heavy atom. The zero-order chi connectivity index (χ0) is 11.5. The molecule has 3 unspecified atom stereocenters. The molecule has 3 atom stereocenters. The van der Waals surface area contributed by atoms with Crippen LogP contribution in [0, 0.1) is 0 Å². The van der Waals surface area contributed by atoms with E-state index in [0.29, 0.717) is 17.7 Å². The largest absolute Gasteiger partial charge is 0.332 e. The molecule has 0 spiro atoms. The fourth-order valence-corrected chi connectivity index (χ4v) is 3.85. The number of amides is 3. The van der Waals surface area contributed by atoms with E-state index in [-0.39, 0.29) is 18.0 Å². The van der Waals surface area contributed by atoms with Crippen LogP contribution in [0.3, 0.4) is 0 Å². The molecule has 0 aromatic carbocycles. The number of quaternary nitrogens is 1. The minimum atomic E-state index is -0.0340. The van der Waals surface area contributed by atoms with Crippen LogP contribution in [0.1, 0.15) is 25.7 Å². The third kappa shape index (κ3) is 2.68. The van der Waals surface area contributed by atoms with Crippen molar-refractivity contribution in [3.63, 3.8) is 0 Å². The molecule has 3 amide bonds. The highest BCUT2D eigenvalue weighted by molar-refractivity contribution is 8.00. The van der Waals surface area contributed by atoms with Gasteiger partial charge in [-0.05, 0) is 12.8 Å². The van der Waals surface area contributed by atoms with E-state index in [2.05, 4.69) is 16.4 Å². The second kappa shape index (κ2) is 5.05. The maximum Gasteiger partial charge on any atom is 0.315 e. The highest BCUT2D eigenvalue weighted by atomic mass is 32.2. The third-order valence-corrected chi connectivity index (χ3v) is 4.64. The van der Waals surface area contributed by atoms with Gasteiger partial charge in [-0.3, -0.25) is 5.73 Å². The predicted octanol–water partition coefficient (Wildman–Crippen LogP) is -0.519. The number of fused-ring (bicyclic) bond motifs is 1. The van der Waals surface area contributed by atoms with Crippen LogP contribution in [-0.2, 0) is 4.79 Å². The quantitative estimate of drug-likeness (QED) is 0.449. The number of thioether (sulfide) groups is 1. The average molecular weight is 244 g/mol. The summed E-state index contributed by atoms with van der Waals surface area (Å²) in [7, 11) is 0. The second-order valence-electron chi connectivity index (χ2n) is 4.41. The van der Waals surface area contributed by atoms with Crippen LogP contribution in [0.15, 0.2) is 0 Å². The standard InChI is InChI=1S/C10H17N3O2S/c11-8(14)4-2-1-3-7-9-6(5-16-7)12-10(15)13-9/h6-7,9H,1-5H2,(H2,11,14)(H2,12,13,15)/p+1. The van der Waals surface area contributed by atoms with Crippen molar-refractivity contribution in [2.75, 3.05) is 5.75 Å². The minimum Gasteiger partial charge on any atom is -0.332 e. The van der Waals surface area contributed by atoms with Crippen molar-refractivity contribution in [3.05, 3.63) is 0 Å². The van der Waals surface area contributed by atoms with Gasteiger partial charge in [-0.1, -0.05) is 6.42 Å². The van der Waals surface area contributed by atoms with Crippen LogP contribution in [0.25, 0.3) is 0 Å². The van der Waals surface area contributed by atoms with Gasteiger partial charge in [0.15, 0.2) is 0 Å². The Morgan fingerprint density at radius 2 is 2.25 bits per heavy atom. The first kappa shape index (κ1) is 11.7. The van der Waals surface area contributed by atoms with Crippen LogP contribution in [0.4, 0.5) is 4.79 Å². The molecule has 0 aliphatic carbocycles. The van der Waals surface area contributed by atoms with Gasteiger partial charge in [-0.25, -0.2) is 9.59 Å². The van der Waals surface area contributed by atoms with E-state index in [4.69, 9.17) is 0 Å². The van der Waals surface area contributed by atoms with Crippen LogP contribution < -0.4 is 16.4 Å². The second-order valence-corrected chi connectivity index (χ2v) is 5.68. The van der Waals surface area contributed by atoms with E-state index >= 15 is 0 Å². The van der Waals surface area contributed by atoms with E-state index < -0.39 is 0 Å². The molecular formula is C10H18N3O2S+. The van der Waals surface area contributed by atoms with E-state index in [0.717, 1.165) is 25.0 Å². The Morgan fingerprint density at radius 1 is 1.44 bits per heavy atom. The van der Waals surface area contributed by atoms with Gasteiger partial charge in [-0.15, -0.1) is 0 Å². The van der Waals surface area contributed by atoms with E-state index in [1.807, 2.05) is 11.8 Å². The lowest BCUT2D eigenvalue weighted by molar-refractivity contribution is -0.305. The van der Waals surface area contributed by atoms with Crippen LogP contribution in [-0.4, -0.2) is 35.0 Å². The number of hydrogen-bond donors (Lipinski definition) is 3. The molecular weight excluding hydrogens is 226 g/mol. The van der Waals surface area contributed by atoms with Gasteiger partial charge in [0, 0.05) is 11.0 Å². The molecule has 16 heavy (non-hydrogen) atoms. The van der Waals surface area contributed by atoms with Crippen molar-refractivity contribution in [2.24, 2.45) is 0 Å². The van der Waals surface area contributed by atoms with Crippen LogP contribution >= 0.6 is 11.8 Å². The summed E-state index contributed by atoms with van der Waals surface area (Å²) in [5.41, 5.74) is 3.36. The molecule has 5 N–H and O–H groups in total. The Labute approximate surface area is 98.9 Å². The van der Waals surface area contributed by atoms with Gasteiger partial charge < -0.3 is 10.6 Å². The highest BCUT2D eigenvalue weighted by Gasteiger charge is 2.42. The summed E-state index contributed by atoms with van der Waals surface area (Å²) in [5, 5.41) is 6.39. The van der Waals surface area contributed by atoms with Crippen molar-refractivity contribution >= 4 is 23.7 Å². The van der Waals surface area contributed by atoms with Crippen molar-refractivity contribution in [3.8, 4) is 0 Å². The third-order valence-electron chi connectivity index (χ3n) is 3.13. The highest BCUT2D eigenvalue weighted by Crippen LogP contribution is 2.33. The predicted molar refractivity (Wildman–Crippen MR) is 61.9 cm³/mol. The van der Waals surface area contributed by atoms with Crippen LogP contribution in [0.2, 0.25) is 0 Å². The molecule has 90 valence electrons. The Hall–Kier alpha value is -0.750. The molecule has 0 radical (unpaired) electrons. The van der Waals surface area contributed by atoms with E-state index in [9.17, 15) is 9.59 Å². The van der Waals surface area contributed by atoms with E-state index in [1.165, 1.54) is 0 Å². The molecule has 0 bridgehead atoms. The summed E-state index contributed by atoms with van der Waals surface area (Å²) in [6, 6.07) is 0.554. The molecule has 2 saturated heterocycles. The van der Waals surface area contributed by atoms with Crippen LogP contribution in [0.5, 0.6) is 0 Å².